The number of aliphatic carboxylic acids is 1. The lowest BCUT2D eigenvalue weighted by molar-refractivity contribution is -0.142. The number of carboxylic acid groups (broad SMARTS) is 1. The minimum absolute atomic E-state index is 0.197. The Morgan fingerprint density at radius 1 is 1.43 bits per heavy atom. The molecule has 0 bridgehead atoms. The zero-order chi connectivity index (χ0) is 16.7. The zero-order valence-electron chi connectivity index (χ0n) is 13.2. The summed E-state index contributed by atoms with van der Waals surface area (Å²) in [6.45, 7) is 3.02. The number of nitrogens with one attached hydrogen (secondary N) is 1. The molecule has 2 amide bonds. The smallest absolute Gasteiger partial charge is 0.317 e. The maximum atomic E-state index is 12.1. The van der Waals surface area contributed by atoms with Crippen molar-refractivity contribution < 1.29 is 23.8 Å². The summed E-state index contributed by atoms with van der Waals surface area (Å²) in [7, 11) is 1.56. The fraction of sp³-hybridized carbons (Fsp3) is 0.600. The SMILES string of the molecule is COCCNC(=O)N1CCN(Cc2ccco2)C[C@@H](C(=O)O)C1. The zero-order valence-corrected chi connectivity index (χ0v) is 13.2. The van der Waals surface area contributed by atoms with Crippen LogP contribution in [-0.4, -0.2) is 73.3 Å². The van der Waals surface area contributed by atoms with Gasteiger partial charge in [0, 0.05) is 39.8 Å². The van der Waals surface area contributed by atoms with Crippen LogP contribution < -0.4 is 5.32 Å². The number of methoxy groups -OCH3 is 1. The lowest BCUT2D eigenvalue weighted by Crippen LogP contribution is -2.44. The summed E-state index contributed by atoms with van der Waals surface area (Å²) in [6.07, 6.45) is 1.59. The van der Waals surface area contributed by atoms with Crippen molar-refractivity contribution in [1.29, 1.82) is 0 Å². The van der Waals surface area contributed by atoms with Gasteiger partial charge in [0.15, 0.2) is 0 Å². The number of carboxylic acids is 1. The van der Waals surface area contributed by atoms with E-state index in [1.165, 1.54) is 0 Å². The van der Waals surface area contributed by atoms with Crippen molar-refractivity contribution in [3.8, 4) is 0 Å². The Morgan fingerprint density at radius 2 is 2.26 bits per heavy atom. The summed E-state index contributed by atoms with van der Waals surface area (Å²) in [4.78, 5) is 27.2. The van der Waals surface area contributed by atoms with Gasteiger partial charge in [-0.3, -0.25) is 9.69 Å². The molecule has 2 heterocycles. The van der Waals surface area contributed by atoms with E-state index in [2.05, 4.69) is 5.32 Å². The lowest BCUT2D eigenvalue weighted by atomic mass is 10.1. The second-order valence-electron chi connectivity index (χ2n) is 5.52. The molecule has 2 rings (SSSR count). The van der Waals surface area contributed by atoms with Gasteiger partial charge in [-0.15, -0.1) is 0 Å². The van der Waals surface area contributed by atoms with Gasteiger partial charge in [0.25, 0.3) is 0 Å². The summed E-state index contributed by atoms with van der Waals surface area (Å²) < 4.78 is 10.2. The molecule has 1 aromatic heterocycles. The minimum Gasteiger partial charge on any atom is -0.481 e. The van der Waals surface area contributed by atoms with Gasteiger partial charge in [-0.05, 0) is 12.1 Å². The van der Waals surface area contributed by atoms with E-state index >= 15 is 0 Å². The van der Waals surface area contributed by atoms with Gasteiger partial charge in [-0.1, -0.05) is 0 Å². The summed E-state index contributed by atoms with van der Waals surface area (Å²) in [5.41, 5.74) is 0. The summed E-state index contributed by atoms with van der Waals surface area (Å²) in [5, 5.41) is 12.1. The monoisotopic (exact) mass is 325 g/mol. The standard InChI is InChI=1S/C15H23N3O5/c1-22-8-4-16-15(21)18-6-5-17(9-12(10-18)14(19)20)11-13-3-2-7-23-13/h2-3,7,12H,4-6,8-11H2,1H3,(H,16,21)(H,19,20)/t12-/m1/s1. The Bertz CT molecular complexity index is 505. The summed E-state index contributed by atoms with van der Waals surface area (Å²) in [5.74, 6) is -0.737. The Morgan fingerprint density at radius 3 is 2.91 bits per heavy atom. The first kappa shape index (κ1) is 17.3. The van der Waals surface area contributed by atoms with Crippen molar-refractivity contribution in [2.45, 2.75) is 6.54 Å². The highest BCUT2D eigenvalue weighted by Crippen LogP contribution is 2.14. The van der Waals surface area contributed by atoms with Gasteiger partial charge in [-0.2, -0.15) is 0 Å². The van der Waals surface area contributed by atoms with Crippen LogP contribution in [0.4, 0.5) is 4.79 Å². The van der Waals surface area contributed by atoms with Crippen molar-refractivity contribution >= 4 is 12.0 Å². The molecule has 1 saturated heterocycles. The van der Waals surface area contributed by atoms with Gasteiger partial charge >= 0.3 is 12.0 Å². The quantitative estimate of drug-likeness (QED) is 0.738. The van der Waals surface area contributed by atoms with Crippen LogP contribution in [0, 0.1) is 5.92 Å². The third-order valence-electron chi connectivity index (χ3n) is 3.78. The maximum Gasteiger partial charge on any atom is 0.317 e. The fourth-order valence-corrected chi connectivity index (χ4v) is 2.56. The average molecular weight is 325 g/mol. The highest BCUT2D eigenvalue weighted by Gasteiger charge is 2.30. The molecule has 1 aliphatic rings. The summed E-state index contributed by atoms with van der Waals surface area (Å²) in [6, 6.07) is 3.40. The largest absolute Gasteiger partial charge is 0.481 e. The molecule has 0 spiro atoms. The number of urea groups is 1. The number of nitrogens with zero attached hydrogens (tertiary/aromatic N) is 2. The minimum atomic E-state index is -0.897. The van der Waals surface area contributed by atoms with E-state index in [0.717, 1.165) is 5.76 Å². The Balaban J connectivity index is 1.96. The second kappa shape index (κ2) is 8.54. The molecule has 2 N–H and O–H groups in total. The molecule has 1 aliphatic heterocycles. The van der Waals surface area contributed by atoms with Crippen molar-refractivity contribution in [3.05, 3.63) is 24.2 Å². The number of hydrogen-bond donors (Lipinski definition) is 2. The lowest BCUT2D eigenvalue weighted by Gasteiger charge is -2.22. The molecule has 1 atom stereocenters. The molecule has 128 valence electrons. The molecular formula is C15H23N3O5. The van der Waals surface area contributed by atoms with E-state index in [9.17, 15) is 14.7 Å². The Kier molecular flexibility index (Phi) is 6.42. The van der Waals surface area contributed by atoms with Gasteiger partial charge in [-0.25, -0.2) is 4.79 Å². The number of ether oxygens (including phenoxy) is 1. The number of carbonyl (C=O) groups is 2. The van der Waals surface area contributed by atoms with Crippen molar-refractivity contribution in [2.24, 2.45) is 5.92 Å². The highest BCUT2D eigenvalue weighted by molar-refractivity contribution is 5.76. The van der Waals surface area contributed by atoms with E-state index in [1.807, 2.05) is 11.0 Å². The molecule has 23 heavy (non-hydrogen) atoms. The van der Waals surface area contributed by atoms with E-state index in [0.29, 0.717) is 39.3 Å². The van der Waals surface area contributed by atoms with Crippen LogP contribution in [0.25, 0.3) is 0 Å². The Labute approximate surface area is 135 Å². The third-order valence-corrected chi connectivity index (χ3v) is 3.78. The molecule has 1 fully saturated rings. The van der Waals surface area contributed by atoms with E-state index < -0.39 is 11.9 Å². The van der Waals surface area contributed by atoms with Crippen LogP contribution in [0.5, 0.6) is 0 Å². The number of amides is 2. The number of carbonyl (C=O) groups excluding carboxylic acids is 1. The molecule has 0 radical (unpaired) electrons. The molecule has 0 unspecified atom stereocenters. The first-order chi connectivity index (χ1) is 11.1. The topological polar surface area (TPSA) is 95.3 Å². The number of hydrogen-bond acceptors (Lipinski definition) is 5. The average Bonchev–Trinajstić information content (AvgIpc) is 2.92. The molecule has 8 heteroatoms. The molecule has 0 saturated carbocycles. The van der Waals surface area contributed by atoms with E-state index in [-0.39, 0.29) is 12.6 Å². The predicted octanol–water partition coefficient (Wildman–Crippen LogP) is 0.454. The van der Waals surface area contributed by atoms with Gasteiger partial charge in [0.05, 0.1) is 25.3 Å². The van der Waals surface area contributed by atoms with E-state index in [4.69, 9.17) is 9.15 Å². The van der Waals surface area contributed by atoms with Gasteiger partial charge < -0.3 is 24.5 Å². The predicted molar refractivity (Wildman–Crippen MR) is 82.0 cm³/mol. The highest BCUT2D eigenvalue weighted by atomic mass is 16.5. The van der Waals surface area contributed by atoms with Crippen LogP contribution >= 0.6 is 0 Å². The van der Waals surface area contributed by atoms with Crippen LogP contribution in [0.15, 0.2) is 22.8 Å². The van der Waals surface area contributed by atoms with Crippen LogP contribution in [0.1, 0.15) is 5.76 Å². The van der Waals surface area contributed by atoms with Crippen molar-refractivity contribution in [3.63, 3.8) is 0 Å². The molecule has 1 aromatic rings. The van der Waals surface area contributed by atoms with Crippen LogP contribution in [0.3, 0.4) is 0 Å². The normalized spacial score (nSPS) is 19.3. The number of rotatable bonds is 6. The summed E-state index contributed by atoms with van der Waals surface area (Å²) >= 11 is 0. The fourth-order valence-electron chi connectivity index (χ4n) is 2.56. The molecule has 8 nitrogen and oxygen atoms in total. The number of furan rings is 1. The van der Waals surface area contributed by atoms with E-state index in [1.54, 1.807) is 24.3 Å². The second-order valence-corrected chi connectivity index (χ2v) is 5.52. The van der Waals surface area contributed by atoms with Crippen LogP contribution in [0.2, 0.25) is 0 Å². The Hall–Kier alpha value is -2.06. The first-order valence-electron chi connectivity index (χ1n) is 7.59. The van der Waals surface area contributed by atoms with Crippen LogP contribution in [-0.2, 0) is 16.1 Å². The van der Waals surface area contributed by atoms with Gasteiger partial charge in [0.1, 0.15) is 5.76 Å². The first-order valence-corrected chi connectivity index (χ1v) is 7.59. The molecule has 0 aromatic carbocycles. The van der Waals surface area contributed by atoms with Crippen molar-refractivity contribution in [1.82, 2.24) is 15.1 Å². The van der Waals surface area contributed by atoms with Gasteiger partial charge in [0.2, 0.25) is 0 Å². The third kappa shape index (κ3) is 5.26. The maximum absolute atomic E-state index is 12.1. The molecule has 0 aliphatic carbocycles. The molecular weight excluding hydrogens is 302 g/mol. The van der Waals surface area contributed by atoms with Crippen molar-refractivity contribution in [2.75, 3.05) is 46.4 Å².